The molecule has 0 bridgehead atoms. The molecule has 0 spiro atoms. The van der Waals surface area contributed by atoms with Gasteiger partial charge < -0.3 is 25.4 Å². The van der Waals surface area contributed by atoms with E-state index in [2.05, 4.69) is 5.32 Å². The number of allylic oxidation sites excluding steroid dienone is 1. The molecule has 2 aliphatic rings. The summed E-state index contributed by atoms with van der Waals surface area (Å²) in [6.07, 6.45) is 5.41. The van der Waals surface area contributed by atoms with Crippen molar-refractivity contribution >= 4 is 12.1 Å². The third kappa shape index (κ3) is 4.47. The summed E-state index contributed by atoms with van der Waals surface area (Å²) in [6, 6.07) is 9.91. The Morgan fingerprint density at radius 2 is 1.94 bits per heavy atom. The maximum absolute atomic E-state index is 14.6. The molecule has 35 heavy (non-hydrogen) atoms. The number of aromatic hydroxyl groups is 1. The van der Waals surface area contributed by atoms with Gasteiger partial charge in [0, 0.05) is 24.3 Å². The van der Waals surface area contributed by atoms with Crippen LogP contribution in [0.1, 0.15) is 40.7 Å². The van der Waals surface area contributed by atoms with Crippen LogP contribution in [0, 0.1) is 24.1 Å². The summed E-state index contributed by atoms with van der Waals surface area (Å²) in [5.41, 5.74) is -2.18. The zero-order valence-electron chi connectivity index (χ0n) is 19.6. The van der Waals surface area contributed by atoms with Crippen molar-refractivity contribution in [2.45, 2.75) is 31.8 Å². The molecule has 1 heterocycles. The van der Waals surface area contributed by atoms with Gasteiger partial charge in [0.1, 0.15) is 23.5 Å². The quantitative estimate of drug-likeness (QED) is 0.276. The van der Waals surface area contributed by atoms with Crippen LogP contribution >= 0.6 is 0 Å². The molecule has 3 atom stereocenters. The van der Waals surface area contributed by atoms with Crippen molar-refractivity contribution in [2.75, 3.05) is 19.7 Å². The highest BCUT2D eigenvalue weighted by Gasteiger charge is 2.48. The number of halogens is 1. The van der Waals surface area contributed by atoms with Crippen molar-refractivity contribution in [3.05, 3.63) is 88.3 Å². The molecule has 0 radical (unpaired) electrons. The average molecular weight is 480 g/mol. The minimum atomic E-state index is -2.00. The molecule has 2 aromatic carbocycles. The van der Waals surface area contributed by atoms with Gasteiger partial charge in [0.05, 0.1) is 5.41 Å². The van der Waals surface area contributed by atoms with E-state index in [1.165, 1.54) is 55.5 Å². The molecule has 7 heteroatoms. The van der Waals surface area contributed by atoms with E-state index >= 15 is 0 Å². The molecule has 4 N–H and O–H groups in total. The average Bonchev–Trinajstić information content (AvgIpc) is 2.87. The number of benzene rings is 2. The van der Waals surface area contributed by atoms with Gasteiger partial charge in [-0.3, -0.25) is 4.79 Å². The Morgan fingerprint density at radius 3 is 2.57 bits per heavy atom. The van der Waals surface area contributed by atoms with E-state index in [9.17, 15) is 29.3 Å². The number of nitrogens with one attached hydrogen (secondary N) is 1. The molecule has 2 aromatic rings. The number of carbonyl (C=O) groups is 2. The minimum absolute atomic E-state index is 0.0232. The zero-order valence-corrected chi connectivity index (χ0v) is 19.6. The van der Waals surface area contributed by atoms with Crippen molar-refractivity contribution < 1.29 is 29.3 Å². The number of ketones is 1. The van der Waals surface area contributed by atoms with Gasteiger partial charge in [-0.1, -0.05) is 18.2 Å². The van der Waals surface area contributed by atoms with Crippen molar-refractivity contribution in [1.82, 2.24) is 5.32 Å². The van der Waals surface area contributed by atoms with Gasteiger partial charge in [0.25, 0.3) is 0 Å². The van der Waals surface area contributed by atoms with Crippen LogP contribution in [0.15, 0.2) is 65.8 Å². The summed E-state index contributed by atoms with van der Waals surface area (Å²) in [7, 11) is 0. The molecule has 1 aliphatic heterocycles. The molecular formula is C28H30FNO5. The minimum Gasteiger partial charge on any atom is -0.508 e. The fourth-order valence-corrected chi connectivity index (χ4v) is 5.32. The Morgan fingerprint density at radius 1 is 1.20 bits per heavy atom. The Labute approximate surface area is 203 Å². The highest BCUT2D eigenvalue weighted by atomic mass is 19.1. The standard InChI is InChI=1S/C28H30FNO5/c1-18-22(5-2-6-25(18)29)28(35)15-23(20-4-3-12-30-16-20)27(17-32,11-13-31)14-24(28)26(34)19-7-9-21(33)10-8-19/h2,5-10,14-15,17,20,30-31,33,35H,3-4,11-13,16H2,1H3. The molecule has 4 rings (SSSR count). The molecule has 1 fully saturated rings. The molecule has 0 aromatic heterocycles. The first-order chi connectivity index (χ1) is 16.8. The fourth-order valence-electron chi connectivity index (χ4n) is 5.32. The van der Waals surface area contributed by atoms with E-state index in [-0.39, 0.29) is 47.0 Å². The molecule has 3 unspecified atom stereocenters. The number of hydrogen-bond acceptors (Lipinski definition) is 6. The lowest BCUT2D eigenvalue weighted by Gasteiger charge is -2.43. The lowest BCUT2D eigenvalue weighted by molar-refractivity contribution is -0.113. The van der Waals surface area contributed by atoms with E-state index in [1.54, 1.807) is 6.07 Å². The van der Waals surface area contributed by atoms with E-state index in [1.807, 2.05) is 0 Å². The number of aldehydes is 1. The van der Waals surface area contributed by atoms with Crippen LogP contribution in [0.25, 0.3) is 0 Å². The predicted molar refractivity (Wildman–Crippen MR) is 129 cm³/mol. The van der Waals surface area contributed by atoms with Crippen LogP contribution < -0.4 is 5.32 Å². The van der Waals surface area contributed by atoms with Crippen molar-refractivity contribution in [1.29, 1.82) is 0 Å². The molecule has 1 saturated heterocycles. The second kappa shape index (κ2) is 9.85. The Kier molecular flexibility index (Phi) is 7.03. The zero-order chi connectivity index (χ0) is 25.2. The van der Waals surface area contributed by atoms with Gasteiger partial charge in [0.2, 0.25) is 0 Å². The van der Waals surface area contributed by atoms with Crippen LogP contribution in [0.3, 0.4) is 0 Å². The molecule has 184 valence electrons. The third-order valence-corrected chi connectivity index (χ3v) is 7.24. The van der Waals surface area contributed by atoms with Gasteiger partial charge >= 0.3 is 0 Å². The Hall–Kier alpha value is -3.13. The number of aliphatic hydroxyl groups is 2. The smallest absolute Gasteiger partial charge is 0.192 e. The lowest BCUT2D eigenvalue weighted by Crippen LogP contribution is -2.44. The maximum Gasteiger partial charge on any atom is 0.192 e. The van der Waals surface area contributed by atoms with E-state index in [4.69, 9.17) is 0 Å². The number of Topliss-reactive ketones (excluding diaryl/α,β-unsaturated/α-hetero) is 1. The second-order valence-corrected chi connectivity index (χ2v) is 9.39. The van der Waals surface area contributed by atoms with Crippen LogP contribution in [0.2, 0.25) is 0 Å². The number of piperidine rings is 1. The number of rotatable bonds is 7. The monoisotopic (exact) mass is 479 g/mol. The van der Waals surface area contributed by atoms with E-state index < -0.39 is 22.6 Å². The molecule has 1 aliphatic carbocycles. The fraction of sp³-hybridized carbons (Fsp3) is 0.357. The highest BCUT2D eigenvalue weighted by molar-refractivity contribution is 6.11. The first-order valence-corrected chi connectivity index (χ1v) is 11.8. The van der Waals surface area contributed by atoms with Crippen LogP contribution in [0.4, 0.5) is 4.39 Å². The van der Waals surface area contributed by atoms with Crippen LogP contribution in [0.5, 0.6) is 5.75 Å². The Bertz CT molecular complexity index is 1180. The van der Waals surface area contributed by atoms with Crippen LogP contribution in [-0.2, 0) is 10.4 Å². The largest absolute Gasteiger partial charge is 0.508 e. The van der Waals surface area contributed by atoms with E-state index in [0.717, 1.165) is 25.7 Å². The number of phenolic OH excluding ortho intramolecular Hbond substituents is 1. The highest BCUT2D eigenvalue weighted by Crippen LogP contribution is 2.50. The summed E-state index contributed by atoms with van der Waals surface area (Å²) in [5.74, 6) is -1.21. The molecule has 6 nitrogen and oxygen atoms in total. The Balaban J connectivity index is 1.98. The SMILES string of the molecule is Cc1c(F)cccc1C1(O)C=C(C2CCCNC2)C(C=O)(CCO)C=C1C(=O)c1ccc(O)cc1. The topological polar surface area (TPSA) is 107 Å². The van der Waals surface area contributed by atoms with Gasteiger partial charge in [-0.25, -0.2) is 4.39 Å². The van der Waals surface area contributed by atoms with Gasteiger partial charge in [0.15, 0.2) is 5.78 Å². The summed E-state index contributed by atoms with van der Waals surface area (Å²) >= 11 is 0. The summed E-state index contributed by atoms with van der Waals surface area (Å²) < 4.78 is 14.6. The third-order valence-electron chi connectivity index (χ3n) is 7.24. The van der Waals surface area contributed by atoms with E-state index in [0.29, 0.717) is 12.1 Å². The first kappa shape index (κ1) is 25.0. The second-order valence-electron chi connectivity index (χ2n) is 9.39. The van der Waals surface area contributed by atoms with Gasteiger partial charge in [-0.05, 0) is 91.8 Å². The van der Waals surface area contributed by atoms with Gasteiger partial charge in [-0.2, -0.15) is 0 Å². The van der Waals surface area contributed by atoms with Crippen molar-refractivity contribution in [3.63, 3.8) is 0 Å². The number of hydrogen-bond donors (Lipinski definition) is 4. The summed E-state index contributed by atoms with van der Waals surface area (Å²) in [6.45, 7) is 2.66. The maximum atomic E-state index is 14.6. The van der Waals surface area contributed by atoms with Gasteiger partial charge in [-0.15, -0.1) is 0 Å². The summed E-state index contributed by atoms with van der Waals surface area (Å²) in [4.78, 5) is 26.4. The number of phenols is 1. The number of carbonyl (C=O) groups excluding carboxylic acids is 2. The summed E-state index contributed by atoms with van der Waals surface area (Å²) in [5, 5.41) is 35.1. The number of aliphatic hydroxyl groups excluding tert-OH is 1. The lowest BCUT2D eigenvalue weighted by atomic mass is 9.62. The molecule has 0 amide bonds. The normalized spacial score (nSPS) is 26.6. The predicted octanol–water partition coefficient (Wildman–Crippen LogP) is 3.34. The van der Waals surface area contributed by atoms with Crippen LogP contribution in [-0.4, -0.2) is 47.1 Å². The molecule has 0 saturated carbocycles. The van der Waals surface area contributed by atoms with Crippen molar-refractivity contribution in [2.24, 2.45) is 11.3 Å². The molecular weight excluding hydrogens is 449 g/mol. The van der Waals surface area contributed by atoms with Crippen molar-refractivity contribution in [3.8, 4) is 5.75 Å². The first-order valence-electron chi connectivity index (χ1n) is 11.8.